The average molecular weight is 286 g/mol. The standard InChI is InChI=1S/C15H30N2O3/c1-6-10-19-15(11-16-5)8-7-9-17(12-15)13(18)20-14(2,3)4/h16H,6-12H2,1-5H3. The van der Waals surface area contributed by atoms with Gasteiger partial charge in [0.25, 0.3) is 0 Å². The van der Waals surface area contributed by atoms with Crippen molar-refractivity contribution in [2.75, 3.05) is 33.3 Å². The van der Waals surface area contributed by atoms with Gasteiger partial charge in [0.05, 0.1) is 12.1 Å². The summed E-state index contributed by atoms with van der Waals surface area (Å²) in [7, 11) is 1.92. The van der Waals surface area contributed by atoms with Crippen LogP contribution in [0.5, 0.6) is 0 Å². The summed E-state index contributed by atoms with van der Waals surface area (Å²) in [5.74, 6) is 0. The van der Waals surface area contributed by atoms with Crippen LogP contribution in [0.15, 0.2) is 0 Å². The number of hydrogen-bond acceptors (Lipinski definition) is 4. The number of likely N-dealkylation sites (tertiary alicyclic amines) is 1. The Kier molecular flexibility index (Phi) is 6.27. The van der Waals surface area contributed by atoms with Gasteiger partial charge in [-0.3, -0.25) is 0 Å². The van der Waals surface area contributed by atoms with Crippen molar-refractivity contribution in [3.05, 3.63) is 0 Å². The van der Waals surface area contributed by atoms with Crippen molar-refractivity contribution in [2.45, 2.75) is 58.2 Å². The van der Waals surface area contributed by atoms with Crippen molar-refractivity contribution in [3.63, 3.8) is 0 Å². The lowest BCUT2D eigenvalue weighted by molar-refractivity contribution is -0.0885. The van der Waals surface area contributed by atoms with E-state index in [-0.39, 0.29) is 11.7 Å². The molecule has 0 aromatic carbocycles. The molecular formula is C15H30N2O3. The fourth-order valence-corrected chi connectivity index (χ4v) is 2.53. The summed E-state index contributed by atoms with van der Waals surface area (Å²) in [6.45, 7) is 10.6. The maximum atomic E-state index is 12.2. The Morgan fingerprint density at radius 2 is 2.10 bits per heavy atom. The van der Waals surface area contributed by atoms with Crippen LogP contribution in [0.1, 0.15) is 47.0 Å². The summed E-state index contributed by atoms with van der Waals surface area (Å²) in [4.78, 5) is 14.0. The maximum Gasteiger partial charge on any atom is 0.410 e. The van der Waals surface area contributed by atoms with Crippen molar-refractivity contribution < 1.29 is 14.3 Å². The van der Waals surface area contributed by atoms with Gasteiger partial charge in [0, 0.05) is 19.7 Å². The number of nitrogens with zero attached hydrogens (tertiary/aromatic N) is 1. The number of piperidine rings is 1. The first-order valence-corrected chi connectivity index (χ1v) is 7.58. The molecule has 0 aliphatic carbocycles. The molecule has 20 heavy (non-hydrogen) atoms. The van der Waals surface area contributed by atoms with Gasteiger partial charge in [-0.05, 0) is 47.1 Å². The van der Waals surface area contributed by atoms with E-state index in [0.29, 0.717) is 6.54 Å². The second-order valence-corrected chi connectivity index (χ2v) is 6.57. The Hall–Kier alpha value is -0.810. The normalized spacial score (nSPS) is 23.8. The summed E-state index contributed by atoms with van der Waals surface area (Å²) in [5, 5.41) is 3.19. The van der Waals surface area contributed by atoms with Crippen molar-refractivity contribution in [2.24, 2.45) is 0 Å². The van der Waals surface area contributed by atoms with E-state index in [1.54, 1.807) is 4.90 Å². The number of carbonyl (C=O) groups is 1. The lowest BCUT2D eigenvalue weighted by atomic mass is 9.92. The molecule has 1 amide bonds. The molecular weight excluding hydrogens is 256 g/mol. The van der Waals surface area contributed by atoms with Gasteiger partial charge in [0.1, 0.15) is 5.60 Å². The van der Waals surface area contributed by atoms with Crippen LogP contribution < -0.4 is 5.32 Å². The minimum absolute atomic E-state index is 0.238. The third-order valence-electron chi connectivity index (χ3n) is 3.30. The lowest BCUT2D eigenvalue weighted by Gasteiger charge is -2.42. The molecule has 0 radical (unpaired) electrons. The summed E-state index contributed by atoms with van der Waals surface area (Å²) >= 11 is 0. The van der Waals surface area contributed by atoms with Gasteiger partial charge in [0.15, 0.2) is 0 Å². The molecule has 1 aliphatic rings. The van der Waals surface area contributed by atoms with Crippen LogP contribution in [-0.2, 0) is 9.47 Å². The molecule has 1 rings (SSSR count). The minimum Gasteiger partial charge on any atom is -0.444 e. The molecule has 1 fully saturated rings. The third-order valence-corrected chi connectivity index (χ3v) is 3.30. The number of likely N-dealkylation sites (N-methyl/N-ethyl adjacent to an activating group) is 1. The predicted molar refractivity (Wildman–Crippen MR) is 79.9 cm³/mol. The Labute approximate surface area is 123 Å². The number of amides is 1. The molecule has 5 heteroatoms. The number of carbonyl (C=O) groups excluding carboxylic acids is 1. The van der Waals surface area contributed by atoms with E-state index in [2.05, 4.69) is 12.2 Å². The summed E-state index contributed by atoms with van der Waals surface area (Å²) < 4.78 is 11.5. The molecule has 0 aromatic heterocycles. The third kappa shape index (κ3) is 5.29. The number of nitrogens with one attached hydrogen (secondary N) is 1. The fraction of sp³-hybridized carbons (Fsp3) is 0.933. The van der Waals surface area contributed by atoms with Crippen LogP contribution in [0.4, 0.5) is 4.79 Å². The highest BCUT2D eigenvalue weighted by Gasteiger charge is 2.38. The zero-order valence-electron chi connectivity index (χ0n) is 13.6. The van der Waals surface area contributed by atoms with Crippen molar-refractivity contribution >= 4 is 6.09 Å². The van der Waals surface area contributed by atoms with Gasteiger partial charge in [-0.15, -0.1) is 0 Å². The van der Waals surface area contributed by atoms with E-state index >= 15 is 0 Å². The fourth-order valence-electron chi connectivity index (χ4n) is 2.53. The van der Waals surface area contributed by atoms with Crippen LogP contribution in [0.2, 0.25) is 0 Å². The van der Waals surface area contributed by atoms with Crippen LogP contribution in [-0.4, -0.2) is 55.5 Å². The highest BCUT2D eigenvalue weighted by Crippen LogP contribution is 2.26. The first kappa shape index (κ1) is 17.2. The molecule has 0 bridgehead atoms. The lowest BCUT2D eigenvalue weighted by Crippen LogP contribution is -2.56. The smallest absolute Gasteiger partial charge is 0.410 e. The highest BCUT2D eigenvalue weighted by molar-refractivity contribution is 5.68. The second-order valence-electron chi connectivity index (χ2n) is 6.57. The molecule has 118 valence electrons. The Morgan fingerprint density at radius 3 is 2.65 bits per heavy atom. The summed E-state index contributed by atoms with van der Waals surface area (Å²) in [6.07, 6.45) is 2.67. The number of rotatable bonds is 5. The van der Waals surface area contributed by atoms with Crippen LogP contribution in [0, 0.1) is 0 Å². The van der Waals surface area contributed by atoms with Crippen molar-refractivity contribution in [3.8, 4) is 0 Å². The molecule has 1 unspecified atom stereocenters. The van der Waals surface area contributed by atoms with E-state index in [4.69, 9.17) is 9.47 Å². The molecule has 5 nitrogen and oxygen atoms in total. The van der Waals surface area contributed by atoms with E-state index in [0.717, 1.165) is 39.0 Å². The zero-order valence-corrected chi connectivity index (χ0v) is 13.6. The summed E-state index contributed by atoms with van der Waals surface area (Å²) in [6, 6.07) is 0. The quantitative estimate of drug-likeness (QED) is 0.843. The zero-order chi connectivity index (χ0) is 15.2. The number of hydrogen-bond donors (Lipinski definition) is 1. The van der Waals surface area contributed by atoms with Gasteiger partial charge in [-0.1, -0.05) is 6.92 Å². The molecule has 1 heterocycles. The average Bonchev–Trinajstić information content (AvgIpc) is 2.35. The first-order valence-electron chi connectivity index (χ1n) is 7.58. The first-order chi connectivity index (χ1) is 9.32. The predicted octanol–water partition coefficient (Wildman–Crippen LogP) is 2.40. The molecule has 0 saturated carbocycles. The maximum absolute atomic E-state index is 12.2. The van der Waals surface area contributed by atoms with E-state index in [9.17, 15) is 4.79 Å². The molecule has 1 N–H and O–H groups in total. The Morgan fingerprint density at radius 1 is 1.40 bits per heavy atom. The highest BCUT2D eigenvalue weighted by atomic mass is 16.6. The SMILES string of the molecule is CCCOC1(CNC)CCCN(C(=O)OC(C)(C)C)C1. The van der Waals surface area contributed by atoms with Crippen molar-refractivity contribution in [1.82, 2.24) is 10.2 Å². The van der Waals surface area contributed by atoms with E-state index in [1.165, 1.54) is 0 Å². The van der Waals surface area contributed by atoms with Crippen LogP contribution >= 0.6 is 0 Å². The second kappa shape index (κ2) is 7.27. The Balaban J connectivity index is 2.68. The molecule has 1 saturated heterocycles. The van der Waals surface area contributed by atoms with E-state index in [1.807, 2.05) is 27.8 Å². The topological polar surface area (TPSA) is 50.8 Å². The molecule has 0 aromatic rings. The minimum atomic E-state index is -0.454. The van der Waals surface area contributed by atoms with Crippen LogP contribution in [0.25, 0.3) is 0 Å². The van der Waals surface area contributed by atoms with Crippen LogP contribution in [0.3, 0.4) is 0 Å². The number of ether oxygens (including phenoxy) is 2. The van der Waals surface area contributed by atoms with Crippen molar-refractivity contribution in [1.29, 1.82) is 0 Å². The van der Waals surface area contributed by atoms with Gasteiger partial charge in [0.2, 0.25) is 0 Å². The molecule has 1 atom stereocenters. The van der Waals surface area contributed by atoms with E-state index < -0.39 is 5.60 Å². The van der Waals surface area contributed by atoms with Gasteiger partial charge < -0.3 is 19.7 Å². The van der Waals surface area contributed by atoms with Gasteiger partial charge in [-0.2, -0.15) is 0 Å². The molecule has 0 spiro atoms. The van der Waals surface area contributed by atoms with Gasteiger partial charge in [-0.25, -0.2) is 4.79 Å². The summed E-state index contributed by atoms with van der Waals surface area (Å²) in [5.41, 5.74) is -0.732. The monoisotopic (exact) mass is 286 g/mol. The Bertz CT molecular complexity index is 311. The van der Waals surface area contributed by atoms with Gasteiger partial charge >= 0.3 is 6.09 Å². The largest absolute Gasteiger partial charge is 0.444 e. The molecule has 1 aliphatic heterocycles.